The van der Waals surface area contributed by atoms with Crippen molar-refractivity contribution in [2.75, 3.05) is 0 Å². The molecule has 6 nitrogen and oxygen atoms in total. The van der Waals surface area contributed by atoms with E-state index in [1.807, 2.05) is 43.5 Å². The Kier molecular flexibility index (Phi) is 6.16. The quantitative estimate of drug-likeness (QED) is 0.384. The molecule has 160 valence electrons. The number of hydrogen-bond donors (Lipinski definition) is 2. The minimum Gasteiger partial charge on any atom is -0.366 e. The zero-order valence-corrected chi connectivity index (χ0v) is 18.2. The summed E-state index contributed by atoms with van der Waals surface area (Å²) in [5.74, 6) is -0.403. The highest BCUT2D eigenvalue weighted by atomic mass is 16.1. The van der Waals surface area contributed by atoms with Crippen molar-refractivity contribution in [3.8, 4) is 11.3 Å². The number of rotatable bonds is 9. The average molecular weight is 416 g/mol. The van der Waals surface area contributed by atoms with Gasteiger partial charge in [0.25, 0.3) is 5.91 Å². The van der Waals surface area contributed by atoms with Gasteiger partial charge in [-0.25, -0.2) is 9.97 Å². The zero-order chi connectivity index (χ0) is 21.8. The van der Waals surface area contributed by atoms with Crippen LogP contribution in [-0.4, -0.2) is 25.4 Å². The first-order valence-electron chi connectivity index (χ1n) is 10.9. The van der Waals surface area contributed by atoms with E-state index in [0.29, 0.717) is 5.56 Å². The predicted octanol–water partition coefficient (Wildman–Crippen LogP) is 4.81. The van der Waals surface area contributed by atoms with Crippen LogP contribution in [0.1, 0.15) is 53.6 Å². The number of carbonyl (C=O) groups is 1. The highest BCUT2D eigenvalue weighted by molar-refractivity contribution is 6.02. The van der Waals surface area contributed by atoms with Gasteiger partial charge in [-0.05, 0) is 31.9 Å². The largest absolute Gasteiger partial charge is 0.366 e. The van der Waals surface area contributed by atoms with Crippen molar-refractivity contribution in [2.24, 2.45) is 5.73 Å². The van der Waals surface area contributed by atoms with Crippen molar-refractivity contribution in [3.05, 3.63) is 71.6 Å². The first kappa shape index (κ1) is 20.8. The Morgan fingerprint density at radius 2 is 1.97 bits per heavy atom. The number of nitrogens with two attached hydrogens (primary N) is 1. The number of aromatic nitrogens is 4. The Morgan fingerprint density at radius 1 is 1.13 bits per heavy atom. The summed E-state index contributed by atoms with van der Waals surface area (Å²) in [5, 5.41) is 1.08. The number of fused-ring (bicyclic) bond motifs is 1. The van der Waals surface area contributed by atoms with Gasteiger partial charge in [-0.2, -0.15) is 0 Å². The van der Waals surface area contributed by atoms with Gasteiger partial charge >= 0.3 is 0 Å². The van der Waals surface area contributed by atoms with E-state index in [2.05, 4.69) is 27.5 Å². The SMILES string of the molecule is CCCCCc1c(-c2ccc3ccccc3n2)c(C(N)=O)c(C)n1CCc1cnc[nH]1. The number of para-hydroxylation sites is 1. The molecule has 1 aromatic carbocycles. The van der Waals surface area contributed by atoms with Gasteiger partial charge in [-0.3, -0.25) is 4.79 Å². The molecule has 0 fully saturated rings. The lowest BCUT2D eigenvalue weighted by Gasteiger charge is -2.13. The topological polar surface area (TPSA) is 89.6 Å². The number of carbonyl (C=O) groups excluding carboxylic acids is 1. The Labute approximate surface area is 182 Å². The molecule has 3 heterocycles. The van der Waals surface area contributed by atoms with E-state index in [4.69, 9.17) is 10.7 Å². The highest BCUT2D eigenvalue weighted by Gasteiger charge is 2.25. The maximum atomic E-state index is 12.6. The number of unbranched alkanes of at least 4 members (excludes halogenated alkanes) is 2. The molecule has 0 aliphatic carbocycles. The van der Waals surface area contributed by atoms with E-state index in [0.717, 1.165) is 77.9 Å². The van der Waals surface area contributed by atoms with Crippen LogP contribution >= 0.6 is 0 Å². The number of nitrogens with zero attached hydrogens (tertiary/aromatic N) is 3. The second-order valence-electron chi connectivity index (χ2n) is 7.97. The van der Waals surface area contributed by atoms with Crippen LogP contribution in [-0.2, 0) is 19.4 Å². The number of amides is 1. The lowest BCUT2D eigenvalue weighted by molar-refractivity contribution is 0.1000. The number of nitrogens with one attached hydrogen (secondary N) is 1. The molecule has 0 saturated carbocycles. The number of aryl methyl sites for hydroxylation is 1. The van der Waals surface area contributed by atoms with Crippen LogP contribution < -0.4 is 5.73 Å². The van der Waals surface area contributed by atoms with Gasteiger partial charge < -0.3 is 15.3 Å². The van der Waals surface area contributed by atoms with Crippen LogP contribution in [0.5, 0.6) is 0 Å². The van der Waals surface area contributed by atoms with Crippen LogP contribution in [0.15, 0.2) is 48.9 Å². The molecule has 0 radical (unpaired) electrons. The van der Waals surface area contributed by atoms with Gasteiger partial charge in [-0.15, -0.1) is 0 Å². The lowest BCUT2D eigenvalue weighted by Crippen LogP contribution is -2.14. The molecule has 3 aromatic heterocycles. The summed E-state index contributed by atoms with van der Waals surface area (Å²) in [6.45, 7) is 4.94. The fourth-order valence-electron chi connectivity index (χ4n) is 4.34. The van der Waals surface area contributed by atoms with Gasteiger partial charge in [0.15, 0.2) is 0 Å². The molecular formula is C25H29N5O. The van der Waals surface area contributed by atoms with E-state index in [-0.39, 0.29) is 0 Å². The minimum absolute atomic E-state index is 0.403. The van der Waals surface area contributed by atoms with E-state index in [1.165, 1.54) is 0 Å². The van der Waals surface area contributed by atoms with Crippen LogP contribution in [0, 0.1) is 6.92 Å². The van der Waals surface area contributed by atoms with Crippen LogP contribution in [0.4, 0.5) is 0 Å². The predicted molar refractivity (Wildman–Crippen MR) is 124 cm³/mol. The Morgan fingerprint density at radius 3 is 2.71 bits per heavy atom. The van der Waals surface area contributed by atoms with Crippen molar-refractivity contribution in [1.82, 2.24) is 19.5 Å². The molecule has 31 heavy (non-hydrogen) atoms. The Hall–Kier alpha value is -3.41. The molecule has 4 aromatic rings. The third-order valence-electron chi connectivity index (χ3n) is 5.91. The fraction of sp³-hybridized carbons (Fsp3) is 0.320. The summed E-state index contributed by atoms with van der Waals surface area (Å²) in [6.07, 6.45) is 8.56. The maximum Gasteiger partial charge on any atom is 0.251 e. The van der Waals surface area contributed by atoms with E-state index in [1.54, 1.807) is 6.33 Å². The van der Waals surface area contributed by atoms with Gasteiger partial charge in [0.1, 0.15) is 0 Å². The van der Waals surface area contributed by atoms with E-state index >= 15 is 0 Å². The minimum atomic E-state index is -0.403. The number of aromatic amines is 1. The number of primary amides is 1. The average Bonchev–Trinajstić information content (AvgIpc) is 3.38. The normalized spacial score (nSPS) is 11.3. The smallest absolute Gasteiger partial charge is 0.251 e. The summed E-state index contributed by atoms with van der Waals surface area (Å²) in [5.41, 5.74) is 12.2. The molecule has 0 aliphatic heterocycles. The molecule has 0 spiro atoms. The fourth-order valence-corrected chi connectivity index (χ4v) is 4.34. The summed E-state index contributed by atoms with van der Waals surface area (Å²) >= 11 is 0. The van der Waals surface area contributed by atoms with Gasteiger partial charge in [0.05, 0.1) is 23.1 Å². The van der Waals surface area contributed by atoms with Crippen molar-refractivity contribution >= 4 is 16.8 Å². The van der Waals surface area contributed by atoms with E-state index < -0.39 is 5.91 Å². The molecule has 0 saturated heterocycles. The van der Waals surface area contributed by atoms with Crippen molar-refractivity contribution in [2.45, 2.75) is 52.5 Å². The first-order chi connectivity index (χ1) is 15.1. The van der Waals surface area contributed by atoms with Crippen molar-refractivity contribution < 1.29 is 4.79 Å². The zero-order valence-electron chi connectivity index (χ0n) is 18.2. The number of hydrogen-bond acceptors (Lipinski definition) is 3. The van der Waals surface area contributed by atoms with Crippen LogP contribution in [0.3, 0.4) is 0 Å². The Bertz CT molecular complexity index is 1190. The highest BCUT2D eigenvalue weighted by Crippen LogP contribution is 2.34. The molecule has 0 atom stereocenters. The molecular weight excluding hydrogens is 386 g/mol. The van der Waals surface area contributed by atoms with Crippen LogP contribution in [0.2, 0.25) is 0 Å². The van der Waals surface area contributed by atoms with Crippen LogP contribution in [0.25, 0.3) is 22.2 Å². The first-order valence-corrected chi connectivity index (χ1v) is 10.9. The molecule has 0 unspecified atom stereocenters. The third-order valence-corrected chi connectivity index (χ3v) is 5.91. The summed E-state index contributed by atoms with van der Waals surface area (Å²) in [7, 11) is 0. The number of benzene rings is 1. The Balaban J connectivity index is 1.85. The van der Waals surface area contributed by atoms with E-state index in [9.17, 15) is 4.79 Å². The lowest BCUT2D eigenvalue weighted by atomic mass is 10.0. The molecule has 3 N–H and O–H groups in total. The summed E-state index contributed by atoms with van der Waals surface area (Å²) in [6, 6.07) is 12.1. The molecule has 6 heteroatoms. The third kappa shape index (κ3) is 4.24. The summed E-state index contributed by atoms with van der Waals surface area (Å²) < 4.78 is 2.25. The molecule has 0 bridgehead atoms. The van der Waals surface area contributed by atoms with Gasteiger partial charge in [0.2, 0.25) is 0 Å². The van der Waals surface area contributed by atoms with Crippen molar-refractivity contribution in [1.29, 1.82) is 0 Å². The van der Waals surface area contributed by atoms with Gasteiger partial charge in [0, 0.05) is 47.2 Å². The second-order valence-corrected chi connectivity index (χ2v) is 7.97. The number of pyridine rings is 1. The molecule has 4 rings (SSSR count). The number of imidazole rings is 1. The standard InChI is InChI=1S/C25H29N5O/c1-3-4-5-10-22-24(21-12-11-18-8-6-7-9-20(18)29-21)23(25(26)31)17(2)30(22)14-13-19-15-27-16-28-19/h6-9,11-12,15-16H,3-5,10,13-14H2,1-2H3,(H2,26,31)(H,27,28). The second kappa shape index (κ2) is 9.16. The molecule has 1 amide bonds. The summed E-state index contributed by atoms with van der Waals surface area (Å²) in [4.78, 5) is 24.8. The van der Waals surface area contributed by atoms with Crippen molar-refractivity contribution in [3.63, 3.8) is 0 Å². The van der Waals surface area contributed by atoms with Gasteiger partial charge in [-0.1, -0.05) is 44.0 Å². The maximum absolute atomic E-state index is 12.6. The molecule has 0 aliphatic rings. The monoisotopic (exact) mass is 415 g/mol. The number of H-pyrrole nitrogens is 1.